The number of fused-ring (bicyclic) bond motifs is 1. The van der Waals surface area contributed by atoms with Crippen molar-refractivity contribution in [3.63, 3.8) is 0 Å². The minimum Gasteiger partial charge on any atom is -0.490 e. The second kappa shape index (κ2) is 8.63. The van der Waals surface area contributed by atoms with Gasteiger partial charge in [0.05, 0.1) is 22.5 Å². The van der Waals surface area contributed by atoms with Gasteiger partial charge in [-0.2, -0.15) is 5.10 Å². The maximum absolute atomic E-state index is 13.0. The van der Waals surface area contributed by atoms with Gasteiger partial charge in [0, 0.05) is 17.5 Å². The highest BCUT2D eigenvalue weighted by atomic mass is 32.3. The summed E-state index contributed by atoms with van der Waals surface area (Å²) in [6.07, 6.45) is 1.57. The minimum absolute atomic E-state index is 0.0420. The summed E-state index contributed by atoms with van der Waals surface area (Å²) in [5.41, 5.74) is 8.24. The SMILES string of the molecule is Cc1cc(C)n(-c2cc(C(=O)NC(C)(C)COc3cccc4c3C(N)=NS(O)(O)N4)ccn2)n1. The van der Waals surface area contributed by atoms with Gasteiger partial charge in [0.25, 0.3) is 5.91 Å². The summed E-state index contributed by atoms with van der Waals surface area (Å²) in [5.74, 6) is 0.626. The second-order valence-electron chi connectivity index (χ2n) is 8.64. The molecule has 2 aromatic heterocycles. The van der Waals surface area contributed by atoms with Crippen LogP contribution in [0.1, 0.15) is 41.2 Å². The van der Waals surface area contributed by atoms with Crippen LogP contribution in [-0.2, 0) is 0 Å². The largest absolute Gasteiger partial charge is 0.490 e. The zero-order chi connectivity index (χ0) is 24.7. The third-order valence-electron chi connectivity index (χ3n) is 5.03. The van der Waals surface area contributed by atoms with Crippen molar-refractivity contribution in [2.75, 3.05) is 11.3 Å². The summed E-state index contributed by atoms with van der Waals surface area (Å²) >= 11 is 0. The van der Waals surface area contributed by atoms with Gasteiger partial charge in [0.1, 0.15) is 12.4 Å². The van der Waals surface area contributed by atoms with E-state index in [1.807, 2.05) is 33.8 Å². The first-order valence-electron chi connectivity index (χ1n) is 10.4. The van der Waals surface area contributed by atoms with Gasteiger partial charge in [0.2, 0.25) is 0 Å². The lowest BCUT2D eigenvalue weighted by Crippen LogP contribution is -2.48. The average molecular weight is 486 g/mol. The number of hydrogen-bond donors (Lipinski definition) is 5. The average Bonchev–Trinajstić information content (AvgIpc) is 3.09. The van der Waals surface area contributed by atoms with E-state index >= 15 is 0 Å². The lowest BCUT2D eigenvalue weighted by molar-refractivity contribution is 0.0880. The van der Waals surface area contributed by atoms with E-state index in [1.165, 1.54) is 0 Å². The third kappa shape index (κ3) is 4.98. The fraction of sp³-hybridized carbons (Fsp3) is 0.273. The van der Waals surface area contributed by atoms with Crippen LogP contribution in [0, 0.1) is 13.8 Å². The maximum Gasteiger partial charge on any atom is 0.252 e. The maximum atomic E-state index is 13.0. The Kier molecular flexibility index (Phi) is 5.98. The number of nitrogens with one attached hydrogen (secondary N) is 2. The van der Waals surface area contributed by atoms with E-state index in [9.17, 15) is 13.9 Å². The first kappa shape index (κ1) is 23.5. The smallest absolute Gasteiger partial charge is 0.252 e. The van der Waals surface area contributed by atoms with Crippen LogP contribution >= 0.6 is 11.0 Å². The van der Waals surface area contributed by atoms with E-state index < -0.39 is 16.5 Å². The first-order valence-corrected chi connectivity index (χ1v) is 11.9. The number of benzene rings is 1. The standard InChI is InChI=1S/C22H27N7O4S/c1-13-10-14(2)29(26-13)18-11-15(8-9-24-18)21(30)25-22(3,4)12-33-17-7-5-6-16-19(17)20(23)28-34(31,32)27-16/h5-11,27,31-32H,12H2,1-4H3,(H2,23,28)(H,25,30). The number of rotatable bonds is 6. The van der Waals surface area contributed by atoms with E-state index in [0.29, 0.717) is 28.4 Å². The molecule has 0 radical (unpaired) electrons. The molecule has 4 rings (SSSR count). The van der Waals surface area contributed by atoms with Gasteiger partial charge in [0.15, 0.2) is 11.7 Å². The molecular weight excluding hydrogens is 458 g/mol. The van der Waals surface area contributed by atoms with Crippen LogP contribution in [0.2, 0.25) is 0 Å². The Morgan fingerprint density at radius 3 is 2.74 bits per heavy atom. The second-order valence-corrected chi connectivity index (χ2v) is 10.1. The highest BCUT2D eigenvalue weighted by Crippen LogP contribution is 2.46. The van der Waals surface area contributed by atoms with E-state index in [-0.39, 0.29) is 18.3 Å². The summed E-state index contributed by atoms with van der Waals surface area (Å²) in [6, 6.07) is 10.3. The summed E-state index contributed by atoms with van der Waals surface area (Å²) in [7, 11) is -3.39. The number of ether oxygens (including phenoxy) is 1. The van der Waals surface area contributed by atoms with Crippen LogP contribution in [0.25, 0.3) is 5.82 Å². The van der Waals surface area contributed by atoms with E-state index in [0.717, 1.165) is 11.4 Å². The molecule has 180 valence electrons. The molecule has 3 aromatic rings. The molecule has 0 bridgehead atoms. The van der Waals surface area contributed by atoms with E-state index in [4.69, 9.17) is 10.5 Å². The predicted octanol–water partition coefficient (Wildman–Crippen LogP) is 3.18. The molecule has 3 heterocycles. The number of nitrogens with zero attached hydrogens (tertiary/aromatic N) is 4. The van der Waals surface area contributed by atoms with Gasteiger partial charge in [-0.3, -0.25) is 18.6 Å². The molecule has 1 amide bonds. The van der Waals surface area contributed by atoms with Crippen LogP contribution in [0.5, 0.6) is 5.75 Å². The summed E-state index contributed by atoms with van der Waals surface area (Å²) < 4.78 is 33.5. The minimum atomic E-state index is -3.39. The van der Waals surface area contributed by atoms with Crippen molar-refractivity contribution in [3.8, 4) is 11.6 Å². The predicted molar refractivity (Wildman–Crippen MR) is 132 cm³/mol. The van der Waals surface area contributed by atoms with Crippen LogP contribution in [-0.4, -0.2) is 47.8 Å². The molecule has 0 unspecified atom stereocenters. The number of pyridine rings is 1. The van der Waals surface area contributed by atoms with Crippen LogP contribution in [0.3, 0.4) is 0 Å². The Labute approximate surface area is 198 Å². The molecule has 0 atom stereocenters. The van der Waals surface area contributed by atoms with Gasteiger partial charge in [-0.1, -0.05) is 6.07 Å². The van der Waals surface area contributed by atoms with Gasteiger partial charge in [-0.25, -0.2) is 9.67 Å². The van der Waals surface area contributed by atoms with Crippen molar-refractivity contribution in [2.24, 2.45) is 10.1 Å². The number of aromatic nitrogens is 3. The number of carbonyl (C=O) groups excluding carboxylic acids is 1. The Balaban J connectivity index is 1.47. The molecule has 11 nitrogen and oxygen atoms in total. The van der Waals surface area contributed by atoms with Crippen molar-refractivity contribution in [3.05, 3.63) is 65.1 Å². The van der Waals surface area contributed by atoms with Gasteiger partial charge < -0.3 is 15.8 Å². The zero-order valence-electron chi connectivity index (χ0n) is 19.2. The molecule has 0 aliphatic carbocycles. The fourth-order valence-electron chi connectivity index (χ4n) is 3.56. The molecule has 6 N–H and O–H groups in total. The quantitative estimate of drug-likeness (QED) is 0.356. The molecular formula is C22H27N7O4S. The molecule has 0 fully saturated rings. The normalized spacial score (nSPS) is 15.5. The fourth-order valence-corrected chi connectivity index (χ4v) is 4.44. The summed E-state index contributed by atoms with van der Waals surface area (Å²) in [6.45, 7) is 7.60. The van der Waals surface area contributed by atoms with Crippen molar-refractivity contribution < 1.29 is 18.6 Å². The Hall–Kier alpha value is -3.61. The van der Waals surface area contributed by atoms with Crippen LogP contribution < -0.4 is 20.5 Å². The lowest BCUT2D eigenvalue weighted by Gasteiger charge is -2.34. The summed E-state index contributed by atoms with van der Waals surface area (Å²) in [4.78, 5) is 17.3. The highest BCUT2D eigenvalue weighted by molar-refractivity contribution is 8.24. The number of aryl methyl sites for hydroxylation is 2. The van der Waals surface area contributed by atoms with Gasteiger partial charge >= 0.3 is 0 Å². The molecule has 12 heteroatoms. The van der Waals surface area contributed by atoms with Crippen molar-refractivity contribution in [1.29, 1.82) is 0 Å². The molecule has 1 aliphatic rings. The third-order valence-corrected chi connectivity index (χ3v) is 5.97. The van der Waals surface area contributed by atoms with Crippen LogP contribution in [0.15, 0.2) is 47.0 Å². The number of nitrogens with two attached hydrogens (primary N) is 1. The number of amidine groups is 1. The van der Waals surface area contributed by atoms with Crippen molar-refractivity contribution >= 4 is 28.4 Å². The molecule has 0 spiro atoms. The zero-order valence-corrected chi connectivity index (χ0v) is 20.1. The van der Waals surface area contributed by atoms with Crippen molar-refractivity contribution in [2.45, 2.75) is 33.2 Å². The topological polar surface area (TPSA) is 160 Å². The number of amides is 1. The Morgan fingerprint density at radius 1 is 1.26 bits per heavy atom. The summed E-state index contributed by atoms with van der Waals surface area (Å²) in [5, 5.41) is 7.39. The first-order chi connectivity index (χ1) is 15.9. The van der Waals surface area contributed by atoms with E-state index in [1.54, 1.807) is 41.2 Å². The highest BCUT2D eigenvalue weighted by Gasteiger charge is 2.27. The van der Waals surface area contributed by atoms with Crippen LogP contribution in [0.4, 0.5) is 5.69 Å². The van der Waals surface area contributed by atoms with Crippen molar-refractivity contribution in [1.82, 2.24) is 20.1 Å². The molecule has 0 saturated carbocycles. The molecule has 1 aliphatic heterocycles. The van der Waals surface area contributed by atoms with E-state index in [2.05, 4.69) is 24.5 Å². The monoisotopic (exact) mass is 485 g/mol. The lowest BCUT2D eigenvalue weighted by atomic mass is 10.1. The Morgan fingerprint density at radius 2 is 2.03 bits per heavy atom. The molecule has 34 heavy (non-hydrogen) atoms. The Bertz CT molecular complexity index is 1290. The molecule has 1 aromatic carbocycles. The van der Waals surface area contributed by atoms with Gasteiger partial charge in [-0.05, 0) is 69.0 Å². The van der Waals surface area contributed by atoms with Gasteiger partial charge in [-0.15, -0.1) is 4.40 Å². The number of anilines is 1. The number of carbonyl (C=O) groups is 1. The molecule has 0 saturated heterocycles. The number of hydrogen-bond acceptors (Lipinski definition) is 9.